The molecule has 0 radical (unpaired) electrons. The van der Waals surface area contributed by atoms with Crippen molar-refractivity contribution in [1.29, 1.82) is 0 Å². The molecule has 0 amide bonds. The van der Waals surface area contributed by atoms with Crippen molar-refractivity contribution in [1.82, 2.24) is 10.2 Å². The lowest BCUT2D eigenvalue weighted by Gasteiger charge is -2.31. The SMILES string of the molecule is CC(C)COC(C=O)N1CCNCC1. The number of ether oxygens (including phenoxy) is 1. The second-order valence-electron chi connectivity index (χ2n) is 4.04. The van der Waals surface area contributed by atoms with E-state index in [0.29, 0.717) is 12.5 Å². The van der Waals surface area contributed by atoms with Gasteiger partial charge in [0.05, 0.1) is 6.61 Å². The maximum absolute atomic E-state index is 10.8. The molecule has 0 spiro atoms. The number of carbonyl (C=O) groups is 1. The fourth-order valence-corrected chi connectivity index (χ4v) is 1.46. The van der Waals surface area contributed by atoms with Crippen LogP contribution in [0.1, 0.15) is 13.8 Å². The van der Waals surface area contributed by atoms with Gasteiger partial charge in [-0.1, -0.05) is 13.8 Å². The summed E-state index contributed by atoms with van der Waals surface area (Å²) in [7, 11) is 0. The molecule has 0 aromatic carbocycles. The zero-order valence-electron chi connectivity index (χ0n) is 9.03. The van der Waals surface area contributed by atoms with Crippen molar-refractivity contribution >= 4 is 6.29 Å². The second-order valence-corrected chi connectivity index (χ2v) is 4.04. The lowest BCUT2D eigenvalue weighted by Crippen LogP contribution is -2.50. The second kappa shape index (κ2) is 6.11. The molecule has 4 nitrogen and oxygen atoms in total. The first kappa shape index (κ1) is 11.6. The number of aldehydes is 1. The summed E-state index contributed by atoms with van der Waals surface area (Å²) in [6, 6.07) is 0. The molecule has 0 aromatic heterocycles. The van der Waals surface area contributed by atoms with Crippen LogP contribution >= 0.6 is 0 Å². The Balaban J connectivity index is 2.31. The third-order valence-corrected chi connectivity index (χ3v) is 2.23. The maximum atomic E-state index is 10.8. The van der Waals surface area contributed by atoms with Gasteiger partial charge in [-0.05, 0) is 5.92 Å². The van der Waals surface area contributed by atoms with E-state index in [2.05, 4.69) is 24.1 Å². The van der Waals surface area contributed by atoms with Crippen LogP contribution in [-0.2, 0) is 9.53 Å². The van der Waals surface area contributed by atoms with Gasteiger partial charge in [-0.15, -0.1) is 0 Å². The highest BCUT2D eigenvalue weighted by Crippen LogP contribution is 2.03. The Labute approximate surface area is 85.6 Å². The normalized spacial score (nSPS) is 21.1. The summed E-state index contributed by atoms with van der Waals surface area (Å²) in [6.45, 7) is 8.47. The van der Waals surface area contributed by atoms with Crippen LogP contribution in [0.15, 0.2) is 0 Å². The Hall–Kier alpha value is -0.450. The van der Waals surface area contributed by atoms with Crippen molar-refractivity contribution in [3.63, 3.8) is 0 Å². The van der Waals surface area contributed by atoms with Gasteiger partial charge in [-0.25, -0.2) is 0 Å². The molecular weight excluding hydrogens is 180 g/mol. The summed E-state index contributed by atoms with van der Waals surface area (Å²) in [5, 5.41) is 3.25. The first-order valence-electron chi connectivity index (χ1n) is 5.25. The molecule has 0 aliphatic carbocycles. The minimum Gasteiger partial charge on any atom is -0.356 e. The minimum atomic E-state index is -0.348. The van der Waals surface area contributed by atoms with Crippen LogP contribution < -0.4 is 5.32 Å². The molecule has 1 rings (SSSR count). The topological polar surface area (TPSA) is 41.6 Å². The molecule has 1 unspecified atom stereocenters. The lowest BCUT2D eigenvalue weighted by molar-refractivity contribution is -0.133. The van der Waals surface area contributed by atoms with Crippen molar-refractivity contribution in [3.05, 3.63) is 0 Å². The van der Waals surface area contributed by atoms with Gasteiger partial charge in [0.25, 0.3) is 0 Å². The summed E-state index contributed by atoms with van der Waals surface area (Å²) in [4.78, 5) is 12.9. The number of nitrogens with zero attached hydrogens (tertiary/aromatic N) is 1. The van der Waals surface area contributed by atoms with E-state index in [1.165, 1.54) is 0 Å². The Bertz CT molecular complexity index is 168. The van der Waals surface area contributed by atoms with Crippen LogP contribution in [0.4, 0.5) is 0 Å². The molecule has 82 valence electrons. The molecule has 14 heavy (non-hydrogen) atoms. The number of hydrogen-bond acceptors (Lipinski definition) is 4. The molecule has 1 aliphatic rings. The van der Waals surface area contributed by atoms with E-state index < -0.39 is 0 Å². The highest BCUT2D eigenvalue weighted by Gasteiger charge is 2.20. The number of piperazine rings is 1. The van der Waals surface area contributed by atoms with E-state index in [-0.39, 0.29) is 6.23 Å². The van der Waals surface area contributed by atoms with Gasteiger partial charge in [0.2, 0.25) is 0 Å². The van der Waals surface area contributed by atoms with Crippen LogP contribution in [0.25, 0.3) is 0 Å². The van der Waals surface area contributed by atoms with E-state index in [1.807, 2.05) is 0 Å². The van der Waals surface area contributed by atoms with Gasteiger partial charge in [-0.3, -0.25) is 9.69 Å². The van der Waals surface area contributed by atoms with Crippen molar-refractivity contribution in [2.75, 3.05) is 32.8 Å². The van der Waals surface area contributed by atoms with E-state index in [0.717, 1.165) is 32.5 Å². The van der Waals surface area contributed by atoms with Crippen molar-refractivity contribution in [2.24, 2.45) is 5.92 Å². The molecule has 1 saturated heterocycles. The van der Waals surface area contributed by atoms with Gasteiger partial charge in [0, 0.05) is 26.2 Å². The van der Waals surface area contributed by atoms with E-state index in [9.17, 15) is 4.79 Å². The molecule has 1 heterocycles. The Morgan fingerprint density at radius 2 is 2.07 bits per heavy atom. The minimum absolute atomic E-state index is 0.348. The lowest BCUT2D eigenvalue weighted by atomic mass is 10.2. The first-order valence-corrected chi connectivity index (χ1v) is 5.25. The highest BCUT2D eigenvalue weighted by molar-refractivity contribution is 5.55. The van der Waals surface area contributed by atoms with E-state index in [4.69, 9.17) is 4.74 Å². The van der Waals surface area contributed by atoms with Crippen molar-refractivity contribution in [3.8, 4) is 0 Å². The Morgan fingerprint density at radius 3 is 2.57 bits per heavy atom. The van der Waals surface area contributed by atoms with Gasteiger partial charge in [-0.2, -0.15) is 0 Å². The zero-order chi connectivity index (χ0) is 10.4. The maximum Gasteiger partial charge on any atom is 0.167 e. The summed E-state index contributed by atoms with van der Waals surface area (Å²) < 4.78 is 5.52. The molecule has 1 N–H and O–H groups in total. The van der Waals surface area contributed by atoms with E-state index in [1.54, 1.807) is 0 Å². The first-order chi connectivity index (χ1) is 6.74. The standard InChI is InChI=1S/C10H20N2O2/c1-9(2)8-14-10(7-13)12-5-3-11-4-6-12/h7,9-11H,3-6,8H2,1-2H3. The molecule has 0 bridgehead atoms. The largest absolute Gasteiger partial charge is 0.356 e. The Morgan fingerprint density at radius 1 is 1.43 bits per heavy atom. The molecule has 4 heteroatoms. The molecule has 1 fully saturated rings. The summed E-state index contributed by atoms with van der Waals surface area (Å²) in [6.07, 6.45) is 0.549. The molecule has 0 saturated carbocycles. The fraction of sp³-hybridized carbons (Fsp3) is 0.900. The third kappa shape index (κ3) is 3.74. The van der Waals surface area contributed by atoms with E-state index >= 15 is 0 Å². The summed E-state index contributed by atoms with van der Waals surface area (Å²) in [5.74, 6) is 0.473. The summed E-state index contributed by atoms with van der Waals surface area (Å²) in [5.41, 5.74) is 0. The van der Waals surface area contributed by atoms with Crippen molar-refractivity contribution < 1.29 is 9.53 Å². The van der Waals surface area contributed by atoms with Gasteiger partial charge in [0.1, 0.15) is 0 Å². The van der Waals surface area contributed by atoms with Gasteiger partial charge >= 0.3 is 0 Å². The summed E-state index contributed by atoms with van der Waals surface area (Å²) >= 11 is 0. The third-order valence-electron chi connectivity index (χ3n) is 2.23. The highest BCUT2D eigenvalue weighted by atomic mass is 16.5. The number of carbonyl (C=O) groups excluding carboxylic acids is 1. The molecule has 0 aromatic rings. The van der Waals surface area contributed by atoms with Crippen LogP contribution in [-0.4, -0.2) is 50.2 Å². The number of rotatable bonds is 5. The monoisotopic (exact) mass is 200 g/mol. The predicted molar refractivity (Wildman–Crippen MR) is 55.1 cm³/mol. The predicted octanol–water partition coefficient (Wildman–Crippen LogP) is 0.0892. The van der Waals surface area contributed by atoms with Gasteiger partial charge in [0.15, 0.2) is 12.5 Å². The fourth-order valence-electron chi connectivity index (χ4n) is 1.46. The average molecular weight is 200 g/mol. The number of hydrogen-bond donors (Lipinski definition) is 1. The number of nitrogens with one attached hydrogen (secondary N) is 1. The van der Waals surface area contributed by atoms with Gasteiger partial charge < -0.3 is 10.1 Å². The smallest absolute Gasteiger partial charge is 0.167 e. The van der Waals surface area contributed by atoms with Crippen LogP contribution in [0.2, 0.25) is 0 Å². The zero-order valence-corrected chi connectivity index (χ0v) is 9.03. The average Bonchev–Trinajstić information content (AvgIpc) is 2.20. The van der Waals surface area contributed by atoms with Crippen molar-refractivity contribution in [2.45, 2.75) is 20.1 Å². The molecule has 1 aliphatic heterocycles. The van der Waals surface area contributed by atoms with Crippen LogP contribution in [0.3, 0.4) is 0 Å². The quantitative estimate of drug-likeness (QED) is 0.639. The molecule has 1 atom stereocenters. The Kier molecular flexibility index (Phi) is 5.07. The molecular formula is C10H20N2O2. The van der Waals surface area contributed by atoms with Crippen LogP contribution in [0, 0.1) is 5.92 Å². The van der Waals surface area contributed by atoms with Crippen LogP contribution in [0.5, 0.6) is 0 Å².